The van der Waals surface area contributed by atoms with E-state index in [-0.39, 0.29) is 18.7 Å². The molecule has 0 radical (unpaired) electrons. The minimum absolute atomic E-state index is 0.0582. The Hall–Kier alpha value is -1.40. The minimum atomic E-state index is -0.318. The average molecular weight is 362 g/mol. The fraction of sp³-hybridized carbons (Fsp3) is 0.800. The molecule has 4 aliphatic heterocycles. The molecule has 5 atom stereocenters. The second-order valence-corrected chi connectivity index (χ2v) is 8.45. The zero-order chi connectivity index (χ0) is 18.3. The highest BCUT2D eigenvalue weighted by Gasteiger charge is 2.49. The van der Waals surface area contributed by atoms with Gasteiger partial charge in [-0.15, -0.1) is 0 Å². The van der Waals surface area contributed by atoms with Gasteiger partial charge in [-0.2, -0.15) is 0 Å². The number of aliphatic hydroxyl groups excluding tert-OH is 1. The number of hydrogen-bond acceptors (Lipinski definition) is 5. The zero-order valence-electron chi connectivity index (χ0n) is 15.6. The lowest BCUT2D eigenvalue weighted by atomic mass is 9.70. The molecule has 4 fully saturated rings. The molecular weight excluding hydrogens is 332 g/mol. The van der Waals surface area contributed by atoms with Crippen LogP contribution in [0.4, 0.5) is 0 Å². The Balaban J connectivity index is 1.42. The Labute approximate surface area is 155 Å². The molecule has 0 unspecified atom stereocenters. The van der Waals surface area contributed by atoms with Gasteiger partial charge in [-0.25, -0.2) is 4.79 Å². The molecule has 0 aromatic carbocycles. The number of carbonyl (C=O) groups excluding carboxylic acids is 2. The third kappa shape index (κ3) is 3.29. The van der Waals surface area contributed by atoms with Crippen molar-refractivity contribution in [2.24, 2.45) is 11.8 Å². The molecule has 4 saturated heterocycles. The first kappa shape index (κ1) is 18.0. The van der Waals surface area contributed by atoms with Crippen molar-refractivity contribution in [1.82, 2.24) is 9.80 Å². The average Bonchev–Trinajstić information content (AvgIpc) is 2.63. The highest BCUT2D eigenvalue weighted by Crippen LogP contribution is 2.43. The largest absolute Gasteiger partial charge is 0.459 e. The highest BCUT2D eigenvalue weighted by molar-refractivity contribution is 5.87. The molecule has 0 aromatic heterocycles. The van der Waals surface area contributed by atoms with Crippen LogP contribution in [0.1, 0.15) is 45.4 Å². The van der Waals surface area contributed by atoms with Gasteiger partial charge in [0.05, 0.1) is 6.61 Å². The van der Waals surface area contributed by atoms with Crippen molar-refractivity contribution in [3.05, 3.63) is 11.6 Å². The Bertz CT molecular complexity index is 605. The highest BCUT2D eigenvalue weighted by atomic mass is 16.5. The van der Waals surface area contributed by atoms with Crippen molar-refractivity contribution in [2.45, 2.75) is 63.6 Å². The zero-order valence-corrected chi connectivity index (χ0v) is 15.6. The summed E-state index contributed by atoms with van der Waals surface area (Å²) in [6.45, 7) is 4.47. The van der Waals surface area contributed by atoms with Crippen LogP contribution >= 0.6 is 0 Å². The molecule has 2 bridgehead atoms. The Morgan fingerprint density at radius 3 is 2.85 bits per heavy atom. The summed E-state index contributed by atoms with van der Waals surface area (Å²) in [5, 5.41) is 8.94. The van der Waals surface area contributed by atoms with Gasteiger partial charge in [0, 0.05) is 50.1 Å². The van der Waals surface area contributed by atoms with E-state index in [1.807, 2.05) is 0 Å². The van der Waals surface area contributed by atoms with Crippen LogP contribution < -0.4 is 0 Å². The number of ether oxygens (including phenoxy) is 1. The number of hydrogen-bond donors (Lipinski definition) is 1. The van der Waals surface area contributed by atoms with E-state index < -0.39 is 0 Å². The summed E-state index contributed by atoms with van der Waals surface area (Å²) in [6.07, 6.45) is 7.30. The number of esters is 1. The SMILES string of the molecule is C/C(=C\CO)C(=O)O[C@H]1CCN2C[C@H]3C[C@H](CN4C(=O)CCC[C@H]34)[C@@H]2C1. The first-order valence-corrected chi connectivity index (χ1v) is 10.1. The maximum absolute atomic E-state index is 12.4. The molecule has 4 rings (SSSR count). The predicted molar refractivity (Wildman–Crippen MR) is 96.3 cm³/mol. The summed E-state index contributed by atoms with van der Waals surface area (Å²) in [5.74, 6) is 1.14. The molecule has 144 valence electrons. The van der Waals surface area contributed by atoms with Crippen molar-refractivity contribution in [1.29, 1.82) is 0 Å². The lowest BCUT2D eigenvalue weighted by molar-refractivity contribution is -0.156. The van der Waals surface area contributed by atoms with E-state index in [2.05, 4.69) is 9.80 Å². The van der Waals surface area contributed by atoms with Crippen LogP contribution in [-0.4, -0.2) is 71.2 Å². The molecule has 0 spiro atoms. The molecule has 6 heteroatoms. The maximum Gasteiger partial charge on any atom is 0.333 e. The van der Waals surface area contributed by atoms with Gasteiger partial charge < -0.3 is 14.7 Å². The molecule has 1 amide bonds. The van der Waals surface area contributed by atoms with Crippen LogP contribution in [0.25, 0.3) is 0 Å². The van der Waals surface area contributed by atoms with Gasteiger partial charge in [0.1, 0.15) is 6.10 Å². The van der Waals surface area contributed by atoms with Crippen molar-refractivity contribution in [2.75, 3.05) is 26.2 Å². The van der Waals surface area contributed by atoms with Crippen molar-refractivity contribution in [3.8, 4) is 0 Å². The van der Waals surface area contributed by atoms with E-state index in [1.165, 1.54) is 18.9 Å². The topological polar surface area (TPSA) is 70.1 Å². The van der Waals surface area contributed by atoms with Crippen LogP contribution in [0, 0.1) is 11.8 Å². The van der Waals surface area contributed by atoms with Crippen LogP contribution in [-0.2, 0) is 14.3 Å². The van der Waals surface area contributed by atoms with Crippen molar-refractivity contribution >= 4 is 11.9 Å². The second-order valence-electron chi connectivity index (χ2n) is 8.45. The quantitative estimate of drug-likeness (QED) is 0.606. The standard InChI is InChI=1S/C20H30N2O4/c1-13(6-8-23)20(25)26-16-5-7-21-11-14-9-15(18(21)10-16)12-22-17(14)3-2-4-19(22)24/h6,14-18,23H,2-5,7-12H2,1H3/b13-6+/t14-,15-,16+,17-,18+/m1/s1. The van der Waals surface area contributed by atoms with E-state index in [0.717, 1.165) is 38.9 Å². The van der Waals surface area contributed by atoms with Gasteiger partial charge in [0.2, 0.25) is 5.91 Å². The number of fused-ring (bicyclic) bond motifs is 6. The summed E-state index contributed by atoms with van der Waals surface area (Å²) in [5.41, 5.74) is 0.470. The van der Waals surface area contributed by atoms with E-state index in [9.17, 15) is 9.59 Å². The Morgan fingerprint density at radius 2 is 2.04 bits per heavy atom. The normalized spacial score (nSPS) is 37.8. The molecule has 0 saturated carbocycles. The van der Waals surface area contributed by atoms with Gasteiger partial charge >= 0.3 is 5.97 Å². The van der Waals surface area contributed by atoms with Gasteiger partial charge in [-0.05, 0) is 50.5 Å². The van der Waals surface area contributed by atoms with Gasteiger partial charge in [0.25, 0.3) is 0 Å². The molecule has 0 aromatic rings. The molecule has 4 heterocycles. The minimum Gasteiger partial charge on any atom is -0.459 e. The number of aliphatic hydroxyl groups is 1. The maximum atomic E-state index is 12.4. The van der Waals surface area contributed by atoms with Gasteiger partial charge in [0.15, 0.2) is 0 Å². The first-order chi connectivity index (χ1) is 12.6. The molecule has 1 N–H and O–H groups in total. The lowest BCUT2D eigenvalue weighted by Gasteiger charge is -2.57. The van der Waals surface area contributed by atoms with Gasteiger partial charge in [-0.3, -0.25) is 9.69 Å². The third-order valence-electron chi connectivity index (χ3n) is 6.91. The number of carbonyl (C=O) groups is 2. The summed E-state index contributed by atoms with van der Waals surface area (Å²) in [7, 11) is 0. The smallest absolute Gasteiger partial charge is 0.333 e. The van der Waals surface area contributed by atoms with Crippen LogP contribution in [0.5, 0.6) is 0 Å². The molecule has 6 nitrogen and oxygen atoms in total. The number of amides is 1. The molecule has 26 heavy (non-hydrogen) atoms. The monoisotopic (exact) mass is 362 g/mol. The number of piperidine rings is 4. The number of nitrogens with zero attached hydrogens (tertiary/aromatic N) is 2. The molecule has 0 aliphatic carbocycles. The lowest BCUT2D eigenvalue weighted by Crippen LogP contribution is -2.65. The van der Waals surface area contributed by atoms with Crippen molar-refractivity contribution in [3.63, 3.8) is 0 Å². The molecular formula is C20H30N2O4. The second kappa shape index (κ2) is 7.31. The summed E-state index contributed by atoms with van der Waals surface area (Å²) in [4.78, 5) is 29.3. The van der Waals surface area contributed by atoms with Crippen LogP contribution in [0.15, 0.2) is 11.6 Å². The third-order valence-corrected chi connectivity index (χ3v) is 6.91. The summed E-state index contributed by atoms with van der Waals surface area (Å²) in [6, 6.07) is 0.867. The van der Waals surface area contributed by atoms with Crippen molar-refractivity contribution < 1.29 is 19.4 Å². The van der Waals surface area contributed by atoms with Crippen LogP contribution in [0.3, 0.4) is 0 Å². The van der Waals surface area contributed by atoms with Crippen LogP contribution in [0.2, 0.25) is 0 Å². The predicted octanol–water partition coefficient (Wildman–Crippen LogP) is 1.33. The first-order valence-electron chi connectivity index (χ1n) is 10.1. The fourth-order valence-electron chi connectivity index (χ4n) is 5.62. The van der Waals surface area contributed by atoms with E-state index in [0.29, 0.717) is 41.8 Å². The van der Waals surface area contributed by atoms with E-state index >= 15 is 0 Å². The molecule has 4 aliphatic rings. The van der Waals surface area contributed by atoms with E-state index in [1.54, 1.807) is 6.92 Å². The Morgan fingerprint density at radius 1 is 1.23 bits per heavy atom. The Kier molecular flexibility index (Phi) is 5.06. The summed E-state index contributed by atoms with van der Waals surface area (Å²) >= 11 is 0. The van der Waals surface area contributed by atoms with Gasteiger partial charge in [-0.1, -0.05) is 0 Å². The summed E-state index contributed by atoms with van der Waals surface area (Å²) < 4.78 is 5.69. The number of rotatable bonds is 3. The van der Waals surface area contributed by atoms with E-state index in [4.69, 9.17) is 9.84 Å². The fourth-order valence-corrected chi connectivity index (χ4v) is 5.62.